The van der Waals surface area contributed by atoms with Crippen molar-refractivity contribution in [1.29, 1.82) is 0 Å². The van der Waals surface area contributed by atoms with Crippen LogP contribution in [0.15, 0.2) is 40.9 Å². The summed E-state index contributed by atoms with van der Waals surface area (Å²) in [6.45, 7) is 5.69. The second-order valence-corrected chi connectivity index (χ2v) is 7.01. The lowest BCUT2D eigenvalue weighted by Gasteiger charge is -2.30. The summed E-state index contributed by atoms with van der Waals surface area (Å²) in [5, 5.41) is 4.07. The van der Waals surface area contributed by atoms with E-state index in [2.05, 4.69) is 24.0 Å². The Bertz CT molecular complexity index is 722. The average Bonchev–Trinajstić information content (AvgIpc) is 3.08. The van der Waals surface area contributed by atoms with Crippen LogP contribution >= 0.6 is 0 Å². The minimum atomic E-state index is 0.0375. The van der Waals surface area contributed by atoms with E-state index in [1.165, 1.54) is 0 Å². The van der Waals surface area contributed by atoms with Crippen LogP contribution in [0.4, 0.5) is 0 Å². The first-order chi connectivity index (χ1) is 12.1. The standard InChI is InChI=1S/C20H25N3O2/c1-15(2)13-18-21-20(25-22-18)17-9-6-12-23(14-17)19(24)11-10-16-7-4-3-5-8-16/h3-5,7-8,10-11,15,17H,6,9,12-14H2,1-2H3. The van der Waals surface area contributed by atoms with Crippen molar-refractivity contribution in [2.45, 2.75) is 39.0 Å². The third kappa shape index (κ3) is 4.78. The van der Waals surface area contributed by atoms with Crippen LogP contribution < -0.4 is 0 Å². The Labute approximate surface area is 148 Å². The van der Waals surface area contributed by atoms with E-state index in [-0.39, 0.29) is 11.8 Å². The predicted molar refractivity (Wildman–Crippen MR) is 96.9 cm³/mol. The first-order valence-electron chi connectivity index (χ1n) is 8.96. The molecule has 2 heterocycles. The molecule has 2 aromatic rings. The van der Waals surface area contributed by atoms with Gasteiger partial charge >= 0.3 is 0 Å². The molecule has 25 heavy (non-hydrogen) atoms. The topological polar surface area (TPSA) is 59.2 Å². The molecule has 0 saturated carbocycles. The quantitative estimate of drug-likeness (QED) is 0.780. The van der Waals surface area contributed by atoms with Crippen LogP contribution in [0.3, 0.4) is 0 Å². The maximum atomic E-state index is 12.5. The third-order valence-corrected chi connectivity index (χ3v) is 4.37. The van der Waals surface area contributed by atoms with E-state index in [1.54, 1.807) is 6.08 Å². The summed E-state index contributed by atoms with van der Waals surface area (Å²) in [5.41, 5.74) is 1.03. The lowest BCUT2D eigenvalue weighted by Crippen LogP contribution is -2.38. The molecule has 0 bridgehead atoms. The van der Waals surface area contributed by atoms with Crippen LogP contribution in [0.1, 0.15) is 49.9 Å². The monoisotopic (exact) mass is 339 g/mol. The summed E-state index contributed by atoms with van der Waals surface area (Å²) < 4.78 is 5.45. The van der Waals surface area contributed by atoms with Gasteiger partial charge in [0, 0.05) is 25.6 Å². The van der Waals surface area contributed by atoms with Gasteiger partial charge in [-0.3, -0.25) is 4.79 Å². The van der Waals surface area contributed by atoms with Gasteiger partial charge in [0.2, 0.25) is 11.8 Å². The van der Waals surface area contributed by atoms with Gasteiger partial charge in [-0.1, -0.05) is 49.3 Å². The van der Waals surface area contributed by atoms with Crippen LogP contribution in [-0.4, -0.2) is 34.0 Å². The maximum Gasteiger partial charge on any atom is 0.246 e. The molecule has 0 N–H and O–H groups in total. The van der Waals surface area contributed by atoms with Crippen molar-refractivity contribution in [3.8, 4) is 0 Å². The smallest absolute Gasteiger partial charge is 0.246 e. The van der Waals surface area contributed by atoms with E-state index < -0.39 is 0 Å². The second kappa shape index (κ2) is 8.10. The molecule has 1 amide bonds. The Kier molecular flexibility index (Phi) is 5.64. The molecule has 5 nitrogen and oxygen atoms in total. The van der Waals surface area contributed by atoms with Gasteiger partial charge in [0.25, 0.3) is 0 Å². The average molecular weight is 339 g/mol. The number of benzene rings is 1. The molecular formula is C20H25N3O2. The molecule has 1 aliphatic heterocycles. The molecule has 1 unspecified atom stereocenters. The van der Waals surface area contributed by atoms with E-state index >= 15 is 0 Å². The van der Waals surface area contributed by atoms with Crippen LogP contribution in [0.25, 0.3) is 6.08 Å². The number of nitrogens with zero attached hydrogens (tertiary/aromatic N) is 3. The summed E-state index contributed by atoms with van der Waals surface area (Å²) in [6, 6.07) is 9.86. The molecule has 1 atom stereocenters. The zero-order valence-corrected chi connectivity index (χ0v) is 14.9. The van der Waals surface area contributed by atoms with Crippen molar-refractivity contribution in [3.05, 3.63) is 53.7 Å². The Morgan fingerprint density at radius 1 is 1.36 bits per heavy atom. The molecular weight excluding hydrogens is 314 g/mol. The predicted octanol–water partition coefficient (Wildman–Crippen LogP) is 3.69. The summed E-state index contributed by atoms with van der Waals surface area (Å²) in [4.78, 5) is 18.9. The molecule has 0 spiro atoms. The van der Waals surface area contributed by atoms with Crippen LogP contribution in [0, 0.1) is 5.92 Å². The van der Waals surface area contributed by atoms with Gasteiger partial charge < -0.3 is 9.42 Å². The number of aromatic nitrogens is 2. The molecule has 5 heteroatoms. The van der Waals surface area contributed by atoms with Gasteiger partial charge in [0.1, 0.15) is 0 Å². The van der Waals surface area contributed by atoms with Crippen molar-refractivity contribution in [1.82, 2.24) is 15.0 Å². The van der Waals surface area contributed by atoms with Gasteiger partial charge in [-0.25, -0.2) is 0 Å². The number of carbonyl (C=O) groups excluding carboxylic acids is 1. The molecule has 0 aliphatic carbocycles. The first kappa shape index (κ1) is 17.4. The Morgan fingerprint density at radius 2 is 2.16 bits per heavy atom. The number of hydrogen-bond acceptors (Lipinski definition) is 4. The molecule has 3 rings (SSSR count). The lowest BCUT2D eigenvalue weighted by molar-refractivity contribution is -0.127. The number of rotatable bonds is 5. The molecule has 1 aromatic heterocycles. The highest BCUT2D eigenvalue weighted by Crippen LogP contribution is 2.26. The molecule has 0 radical (unpaired) electrons. The molecule has 1 aliphatic rings. The van der Waals surface area contributed by atoms with Crippen LogP contribution in [0.5, 0.6) is 0 Å². The molecule has 1 saturated heterocycles. The highest BCUT2D eigenvalue weighted by Gasteiger charge is 2.27. The zero-order chi connectivity index (χ0) is 17.6. The fourth-order valence-corrected chi connectivity index (χ4v) is 3.10. The number of likely N-dealkylation sites (tertiary alicyclic amines) is 1. The lowest BCUT2D eigenvalue weighted by atomic mass is 9.98. The number of hydrogen-bond donors (Lipinski definition) is 0. The van der Waals surface area contributed by atoms with Crippen molar-refractivity contribution in [2.75, 3.05) is 13.1 Å². The fraction of sp³-hybridized carbons (Fsp3) is 0.450. The summed E-state index contributed by atoms with van der Waals surface area (Å²) >= 11 is 0. The van der Waals surface area contributed by atoms with E-state index in [1.807, 2.05) is 41.3 Å². The van der Waals surface area contributed by atoms with Crippen LogP contribution in [-0.2, 0) is 11.2 Å². The van der Waals surface area contributed by atoms with Gasteiger partial charge in [-0.05, 0) is 30.4 Å². The number of piperidine rings is 1. The number of carbonyl (C=O) groups is 1. The Morgan fingerprint density at radius 3 is 2.92 bits per heavy atom. The van der Waals surface area contributed by atoms with Crippen LogP contribution in [0.2, 0.25) is 0 Å². The van der Waals surface area contributed by atoms with Gasteiger partial charge in [0.05, 0.1) is 5.92 Å². The van der Waals surface area contributed by atoms with E-state index in [0.29, 0.717) is 18.4 Å². The summed E-state index contributed by atoms with van der Waals surface area (Å²) in [5.74, 6) is 2.10. The van der Waals surface area contributed by atoms with E-state index in [4.69, 9.17) is 4.52 Å². The molecule has 1 aromatic carbocycles. The number of amides is 1. The largest absolute Gasteiger partial charge is 0.339 e. The maximum absolute atomic E-state index is 12.5. The van der Waals surface area contributed by atoms with Gasteiger partial charge in [-0.15, -0.1) is 0 Å². The minimum Gasteiger partial charge on any atom is -0.339 e. The Hall–Kier alpha value is -2.43. The normalized spacial score (nSPS) is 18.2. The minimum absolute atomic E-state index is 0.0375. The summed E-state index contributed by atoms with van der Waals surface area (Å²) in [7, 11) is 0. The zero-order valence-electron chi connectivity index (χ0n) is 14.9. The SMILES string of the molecule is CC(C)Cc1noc(C2CCCN(C(=O)C=Cc3ccccc3)C2)n1. The van der Waals surface area contributed by atoms with Gasteiger partial charge in [0.15, 0.2) is 5.82 Å². The van der Waals surface area contributed by atoms with Crippen molar-refractivity contribution in [2.24, 2.45) is 5.92 Å². The highest BCUT2D eigenvalue weighted by atomic mass is 16.5. The van der Waals surface area contributed by atoms with Gasteiger partial charge in [-0.2, -0.15) is 4.98 Å². The second-order valence-electron chi connectivity index (χ2n) is 7.01. The first-order valence-corrected chi connectivity index (χ1v) is 8.96. The molecule has 1 fully saturated rings. The van der Waals surface area contributed by atoms with E-state index in [9.17, 15) is 4.79 Å². The van der Waals surface area contributed by atoms with Crippen molar-refractivity contribution in [3.63, 3.8) is 0 Å². The molecule has 132 valence electrons. The summed E-state index contributed by atoms with van der Waals surface area (Å²) in [6.07, 6.45) is 6.26. The van der Waals surface area contributed by atoms with Crippen molar-refractivity contribution >= 4 is 12.0 Å². The van der Waals surface area contributed by atoms with Crippen molar-refractivity contribution < 1.29 is 9.32 Å². The highest BCUT2D eigenvalue weighted by molar-refractivity contribution is 5.91. The Balaban J connectivity index is 1.61. The van der Waals surface area contributed by atoms with E-state index in [0.717, 1.165) is 37.2 Å². The third-order valence-electron chi connectivity index (χ3n) is 4.37. The fourth-order valence-electron chi connectivity index (χ4n) is 3.10.